The van der Waals surface area contributed by atoms with Gasteiger partial charge in [0.25, 0.3) is 0 Å². The first kappa shape index (κ1) is 15.5. The Kier molecular flexibility index (Phi) is 5.30. The summed E-state index contributed by atoms with van der Waals surface area (Å²) >= 11 is 0. The average Bonchev–Trinajstić information content (AvgIpc) is 2.41. The summed E-state index contributed by atoms with van der Waals surface area (Å²) in [7, 11) is 0. The smallest absolute Gasteiger partial charge is 0.238 e. The van der Waals surface area contributed by atoms with Gasteiger partial charge in [0.1, 0.15) is 0 Å². The van der Waals surface area contributed by atoms with Gasteiger partial charge in [-0.2, -0.15) is 0 Å². The molecule has 1 saturated heterocycles. The molecule has 1 aromatic carbocycles. The molecule has 21 heavy (non-hydrogen) atoms. The zero-order valence-corrected chi connectivity index (χ0v) is 12.5. The number of hydrogen-bond donors (Lipinski definition) is 3. The van der Waals surface area contributed by atoms with Crippen molar-refractivity contribution in [2.24, 2.45) is 0 Å². The zero-order chi connectivity index (χ0) is 15.2. The van der Waals surface area contributed by atoms with Crippen LogP contribution < -0.4 is 16.0 Å². The van der Waals surface area contributed by atoms with Crippen LogP contribution in [0.3, 0.4) is 0 Å². The molecule has 3 N–H and O–H groups in total. The highest BCUT2D eigenvalue weighted by molar-refractivity contribution is 5.94. The Balaban J connectivity index is 1.91. The van der Waals surface area contributed by atoms with E-state index in [1.807, 2.05) is 6.07 Å². The highest BCUT2D eigenvalue weighted by Gasteiger charge is 2.20. The second kappa shape index (κ2) is 7.19. The summed E-state index contributed by atoms with van der Waals surface area (Å²) in [4.78, 5) is 25.3. The van der Waals surface area contributed by atoms with Gasteiger partial charge in [0.2, 0.25) is 11.8 Å². The molecule has 114 valence electrons. The van der Waals surface area contributed by atoms with Gasteiger partial charge in [-0.3, -0.25) is 14.5 Å². The third-order valence-corrected chi connectivity index (χ3v) is 3.45. The van der Waals surface area contributed by atoms with Gasteiger partial charge in [-0.05, 0) is 25.1 Å². The molecule has 1 atom stereocenters. The van der Waals surface area contributed by atoms with Gasteiger partial charge in [0, 0.05) is 44.0 Å². The van der Waals surface area contributed by atoms with E-state index in [4.69, 9.17) is 0 Å². The Labute approximate surface area is 124 Å². The molecule has 0 unspecified atom stereocenters. The Morgan fingerprint density at radius 3 is 2.71 bits per heavy atom. The molecule has 1 heterocycles. The number of benzene rings is 1. The molecule has 6 nitrogen and oxygen atoms in total. The summed E-state index contributed by atoms with van der Waals surface area (Å²) in [5.41, 5.74) is 1.37. The second-order valence-corrected chi connectivity index (χ2v) is 5.33. The molecular formula is C15H22N4O2. The SMILES string of the molecule is CC(=O)Nc1cccc(NC(=O)CN2CCNC[C@H]2C)c1. The normalized spacial score (nSPS) is 19.0. The third-order valence-electron chi connectivity index (χ3n) is 3.45. The lowest BCUT2D eigenvalue weighted by Gasteiger charge is -2.33. The minimum Gasteiger partial charge on any atom is -0.326 e. The highest BCUT2D eigenvalue weighted by Crippen LogP contribution is 2.15. The lowest BCUT2D eigenvalue weighted by atomic mass is 10.2. The van der Waals surface area contributed by atoms with E-state index in [0.717, 1.165) is 19.6 Å². The van der Waals surface area contributed by atoms with E-state index in [-0.39, 0.29) is 11.8 Å². The predicted octanol–water partition coefficient (Wildman–Crippen LogP) is 0.877. The Bertz CT molecular complexity index is 518. The number of amides is 2. The Morgan fingerprint density at radius 1 is 1.33 bits per heavy atom. The number of hydrogen-bond acceptors (Lipinski definition) is 4. The van der Waals surface area contributed by atoms with Crippen LogP contribution in [0.5, 0.6) is 0 Å². The van der Waals surface area contributed by atoms with Gasteiger partial charge < -0.3 is 16.0 Å². The van der Waals surface area contributed by atoms with Crippen molar-refractivity contribution in [3.05, 3.63) is 24.3 Å². The van der Waals surface area contributed by atoms with Crippen LogP contribution in [0.2, 0.25) is 0 Å². The van der Waals surface area contributed by atoms with Gasteiger partial charge in [0.15, 0.2) is 0 Å². The Morgan fingerprint density at radius 2 is 2.05 bits per heavy atom. The van der Waals surface area contributed by atoms with E-state index in [1.165, 1.54) is 6.92 Å². The van der Waals surface area contributed by atoms with Crippen molar-refractivity contribution < 1.29 is 9.59 Å². The molecular weight excluding hydrogens is 268 g/mol. The molecule has 0 aromatic heterocycles. The standard InChI is InChI=1S/C15H22N4O2/c1-11-9-16-6-7-19(11)10-15(21)18-14-5-3-4-13(8-14)17-12(2)20/h3-5,8,11,16H,6-7,9-10H2,1-2H3,(H,17,20)(H,18,21)/t11-/m1/s1. The summed E-state index contributed by atoms with van der Waals surface area (Å²) in [5.74, 6) is -0.170. The van der Waals surface area contributed by atoms with Crippen LogP contribution in [0, 0.1) is 0 Å². The number of rotatable bonds is 4. The van der Waals surface area contributed by atoms with Crippen LogP contribution in [0.1, 0.15) is 13.8 Å². The molecule has 6 heteroatoms. The van der Waals surface area contributed by atoms with E-state index in [2.05, 4.69) is 27.8 Å². The van der Waals surface area contributed by atoms with Crippen molar-refractivity contribution in [1.29, 1.82) is 0 Å². The molecule has 0 radical (unpaired) electrons. The average molecular weight is 290 g/mol. The zero-order valence-electron chi connectivity index (χ0n) is 12.5. The summed E-state index contributed by atoms with van der Waals surface area (Å²) in [5, 5.41) is 8.87. The fraction of sp³-hybridized carbons (Fsp3) is 0.467. The maximum Gasteiger partial charge on any atom is 0.238 e. The van der Waals surface area contributed by atoms with E-state index < -0.39 is 0 Å². The molecule has 0 bridgehead atoms. The van der Waals surface area contributed by atoms with Crippen LogP contribution in [-0.2, 0) is 9.59 Å². The molecule has 1 aliphatic heterocycles. The molecule has 0 spiro atoms. The van der Waals surface area contributed by atoms with Crippen molar-refractivity contribution in [3.63, 3.8) is 0 Å². The second-order valence-electron chi connectivity index (χ2n) is 5.33. The maximum atomic E-state index is 12.1. The summed E-state index contributed by atoms with van der Waals surface area (Å²) in [6, 6.07) is 7.50. The lowest BCUT2D eigenvalue weighted by Crippen LogP contribution is -2.51. The Hall–Kier alpha value is -1.92. The van der Waals surface area contributed by atoms with E-state index in [0.29, 0.717) is 24.0 Å². The van der Waals surface area contributed by atoms with Crippen molar-refractivity contribution in [2.75, 3.05) is 36.8 Å². The first-order valence-electron chi connectivity index (χ1n) is 7.17. The fourth-order valence-electron chi connectivity index (χ4n) is 2.38. The number of nitrogens with zero attached hydrogens (tertiary/aromatic N) is 1. The molecule has 1 fully saturated rings. The number of piperazine rings is 1. The van der Waals surface area contributed by atoms with Crippen LogP contribution in [0.15, 0.2) is 24.3 Å². The predicted molar refractivity (Wildman–Crippen MR) is 83.3 cm³/mol. The van der Waals surface area contributed by atoms with Gasteiger partial charge in [-0.15, -0.1) is 0 Å². The molecule has 2 rings (SSSR count). The van der Waals surface area contributed by atoms with Crippen molar-refractivity contribution >= 4 is 23.2 Å². The summed E-state index contributed by atoms with van der Waals surface area (Å²) in [6.07, 6.45) is 0. The molecule has 0 saturated carbocycles. The minimum atomic E-state index is -0.131. The van der Waals surface area contributed by atoms with E-state index in [9.17, 15) is 9.59 Å². The summed E-state index contributed by atoms with van der Waals surface area (Å²) < 4.78 is 0. The van der Waals surface area contributed by atoms with Gasteiger partial charge in [-0.1, -0.05) is 6.07 Å². The van der Waals surface area contributed by atoms with Crippen LogP contribution in [0.4, 0.5) is 11.4 Å². The largest absolute Gasteiger partial charge is 0.326 e. The van der Waals surface area contributed by atoms with Gasteiger partial charge in [-0.25, -0.2) is 0 Å². The first-order chi connectivity index (χ1) is 10.0. The van der Waals surface area contributed by atoms with Crippen LogP contribution in [-0.4, -0.2) is 48.9 Å². The van der Waals surface area contributed by atoms with Crippen molar-refractivity contribution in [2.45, 2.75) is 19.9 Å². The van der Waals surface area contributed by atoms with Crippen LogP contribution >= 0.6 is 0 Å². The van der Waals surface area contributed by atoms with Gasteiger partial charge >= 0.3 is 0 Å². The number of carbonyl (C=O) groups is 2. The lowest BCUT2D eigenvalue weighted by molar-refractivity contribution is -0.118. The maximum absolute atomic E-state index is 12.1. The topological polar surface area (TPSA) is 73.5 Å². The van der Waals surface area contributed by atoms with E-state index in [1.54, 1.807) is 18.2 Å². The molecule has 1 aromatic rings. The van der Waals surface area contributed by atoms with Crippen LogP contribution in [0.25, 0.3) is 0 Å². The van der Waals surface area contributed by atoms with Crippen molar-refractivity contribution in [1.82, 2.24) is 10.2 Å². The highest BCUT2D eigenvalue weighted by atomic mass is 16.2. The number of nitrogens with one attached hydrogen (secondary N) is 3. The number of carbonyl (C=O) groups excluding carboxylic acids is 2. The molecule has 2 amide bonds. The monoisotopic (exact) mass is 290 g/mol. The van der Waals surface area contributed by atoms with E-state index >= 15 is 0 Å². The van der Waals surface area contributed by atoms with Crippen molar-refractivity contribution in [3.8, 4) is 0 Å². The summed E-state index contributed by atoms with van der Waals surface area (Å²) in [6.45, 7) is 6.64. The fourth-order valence-corrected chi connectivity index (χ4v) is 2.38. The molecule has 0 aliphatic carbocycles. The molecule has 1 aliphatic rings. The number of anilines is 2. The third kappa shape index (κ3) is 4.84. The first-order valence-corrected chi connectivity index (χ1v) is 7.17. The minimum absolute atomic E-state index is 0.0382. The quantitative estimate of drug-likeness (QED) is 0.769. The van der Waals surface area contributed by atoms with Gasteiger partial charge in [0.05, 0.1) is 6.54 Å².